The molecule has 92 valence electrons. The van der Waals surface area contributed by atoms with Crippen molar-refractivity contribution < 1.29 is 0 Å². The molecule has 1 heteroatoms. The maximum absolute atomic E-state index is 4.59. The highest BCUT2D eigenvalue weighted by atomic mass is 14.7. The summed E-state index contributed by atoms with van der Waals surface area (Å²) in [6, 6.07) is 19.2. The van der Waals surface area contributed by atoms with Crippen LogP contribution in [0.25, 0.3) is 0 Å². The van der Waals surface area contributed by atoms with Crippen molar-refractivity contribution in [1.82, 2.24) is 0 Å². The van der Waals surface area contributed by atoms with E-state index >= 15 is 0 Å². The lowest BCUT2D eigenvalue weighted by molar-refractivity contribution is 0.744. The molecule has 0 N–H and O–H groups in total. The fourth-order valence-corrected chi connectivity index (χ4v) is 1.87. The summed E-state index contributed by atoms with van der Waals surface area (Å²) in [6.45, 7) is 4.25. The number of rotatable bonds is 4. The van der Waals surface area contributed by atoms with Crippen LogP contribution in [-0.2, 0) is 6.42 Å². The first-order valence-corrected chi connectivity index (χ1v) is 6.38. The number of hydrogen-bond donors (Lipinski definition) is 0. The molecule has 0 saturated heterocycles. The van der Waals surface area contributed by atoms with Gasteiger partial charge in [0, 0.05) is 6.21 Å². The maximum Gasteiger partial charge on any atom is 0.0511 e. The Balaban J connectivity index is 1.95. The summed E-state index contributed by atoms with van der Waals surface area (Å²) in [5.74, 6) is 0. The van der Waals surface area contributed by atoms with Gasteiger partial charge in [-0.05, 0) is 31.4 Å². The second-order valence-corrected chi connectivity index (χ2v) is 4.73. The average Bonchev–Trinajstić information content (AvgIpc) is 2.39. The van der Waals surface area contributed by atoms with Crippen LogP contribution >= 0.6 is 0 Å². The van der Waals surface area contributed by atoms with Gasteiger partial charge in [0.2, 0.25) is 0 Å². The van der Waals surface area contributed by atoms with E-state index < -0.39 is 0 Å². The number of benzene rings is 2. The van der Waals surface area contributed by atoms with Crippen LogP contribution in [-0.4, -0.2) is 12.3 Å². The van der Waals surface area contributed by atoms with Crippen molar-refractivity contribution in [3.63, 3.8) is 0 Å². The quantitative estimate of drug-likeness (QED) is 0.711. The smallest absolute Gasteiger partial charge is 0.0511 e. The van der Waals surface area contributed by atoms with Crippen LogP contribution in [0.3, 0.4) is 0 Å². The van der Waals surface area contributed by atoms with Crippen LogP contribution in [0.4, 0.5) is 0 Å². The number of aryl methyl sites for hydroxylation is 1. The Kier molecular flexibility index (Phi) is 4.30. The SMILES string of the molecule is Cc1ccc(C=N[C@H](C)Cc2ccccc2)cc1. The lowest BCUT2D eigenvalue weighted by Gasteiger charge is -2.05. The molecular weight excluding hydrogens is 218 g/mol. The van der Waals surface area contributed by atoms with Gasteiger partial charge in [0.05, 0.1) is 6.04 Å². The molecule has 2 aromatic carbocycles. The maximum atomic E-state index is 4.59. The Bertz CT molecular complexity index is 497. The first-order valence-electron chi connectivity index (χ1n) is 6.38. The van der Waals surface area contributed by atoms with E-state index in [9.17, 15) is 0 Å². The van der Waals surface area contributed by atoms with Crippen molar-refractivity contribution in [2.45, 2.75) is 26.3 Å². The topological polar surface area (TPSA) is 12.4 Å². The lowest BCUT2D eigenvalue weighted by atomic mass is 10.1. The monoisotopic (exact) mass is 237 g/mol. The molecule has 0 aliphatic carbocycles. The Morgan fingerprint density at radius 1 is 1.00 bits per heavy atom. The Labute approximate surface area is 109 Å². The van der Waals surface area contributed by atoms with E-state index in [0.29, 0.717) is 6.04 Å². The molecule has 0 fully saturated rings. The van der Waals surface area contributed by atoms with Gasteiger partial charge in [0.1, 0.15) is 0 Å². The third-order valence-corrected chi connectivity index (χ3v) is 2.93. The van der Waals surface area contributed by atoms with Crippen molar-refractivity contribution >= 4 is 6.21 Å². The van der Waals surface area contributed by atoms with Gasteiger partial charge in [0.15, 0.2) is 0 Å². The predicted molar refractivity (Wildman–Crippen MR) is 78.4 cm³/mol. The van der Waals surface area contributed by atoms with E-state index in [2.05, 4.69) is 67.4 Å². The first-order chi connectivity index (χ1) is 8.74. The molecule has 0 unspecified atom stereocenters. The summed E-state index contributed by atoms with van der Waals surface area (Å²) < 4.78 is 0. The highest BCUT2D eigenvalue weighted by Gasteiger charge is 1.99. The van der Waals surface area contributed by atoms with Gasteiger partial charge in [-0.25, -0.2) is 0 Å². The third kappa shape index (κ3) is 3.85. The highest BCUT2D eigenvalue weighted by Crippen LogP contribution is 2.06. The van der Waals surface area contributed by atoms with Crippen LogP contribution < -0.4 is 0 Å². The van der Waals surface area contributed by atoms with Gasteiger partial charge in [-0.3, -0.25) is 4.99 Å². The van der Waals surface area contributed by atoms with E-state index in [4.69, 9.17) is 0 Å². The standard InChI is InChI=1S/C17H19N/c1-14-8-10-17(11-9-14)13-18-15(2)12-16-6-4-3-5-7-16/h3-11,13,15H,12H2,1-2H3/t15-/m1/s1. The molecule has 0 amide bonds. The summed E-state index contributed by atoms with van der Waals surface area (Å²) in [7, 11) is 0. The molecule has 1 nitrogen and oxygen atoms in total. The molecule has 1 atom stereocenters. The summed E-state index contributed by atoms with van der Waals surface area (Å²) in [4.78, 5) is 4.59. The number of aliphatic imine (C=N–C) groups is 1. The van der Waals surface area contributed by atoms with E-state index in [1.807, 2.05) is 12.3 Å². The Morgan fingerprint density at radius 3 is 2.33 bits per heavy atom. The average molecular weight is 237 g/mol. The van der Waals surface area contributed by atoms with E-state index in [-0.39, 0.29) is 0 Å². The number of hydrogen-bond acceptors (Lipinski definition) is 1. The number of nitrogens with zero attached hydrogens (tertiary/aromatic N) is 1. The zero-order valence-electron chi connectivity index (χ0n) is 11.0. The highest BCUT2D eigenvalue weighted by molar-refractivity contribution is 5.79. The fraction of sp³-hybridized carbons (Fsp3) is 0.235. The van der Waals surface area contributed by atoms with Gasteiger partial charge in [-0.15, -0.1) is 0 Å². The second kappa shape index (κ2) is 6.15. The molecule has 2 aromatic rings. The van der Waals surface area contributed by atoms with Crippen molar-refractivity contribution in [2.24, 2.45) is 4.99 Å². The molecule has 18 heavy (non-hydrogen) atoms. The molecule has 0 spiro atoms. The van der Waals surface area contributed by atoms with Crippen molar-refractivity contribution in [1.29, 1.82) is 0 Å². The van der Waals surface area contributed by atoms with Crippen LogP contribution in [0.2, 0.25) is 0 Å². The van der Waals surface area contributed by atoms with Crippen LogP contribution in [0.5, 0.6) is 0 Å². The van der Waals surface area contributed by atoms with Crippen LogP contribution in [0.15, 0.2) is 59.6 Å². The summed E-state index contributed by atoms with van der Waals surface area (Å²) in [6.07, 6.45) is 2.95. The fourth-order valence-electron chi connectivity index (χ4n) is 1.87. The Hall–Kier alpha value is -1.89. The second-order valence-electron chi connectivity index (χ2n) is 4.73. The van der Waals surface area contributed by atoms with Crippen molar-refractivity contribution in [3.05, 3.63) is 71.3 Å². The zero-order chi connectivity index (χ0) is 12.8. The van der Waals surface area contributed by atoms with Crippen LogP contribution in [0.1, 0.15) is 23.6 Å². The van der Waals surface area contributed by atoms with Gasteiger partial charge in [-0.2, -0.15) is 0 Å². The summed E-state index contributed by atoms with van der Waals surface area (Å²) in [5, 5.41) is 0. The van der Waals surface area contributed by atoms with Crippen molar-refractivity contribution in [2.75, 3.05) is 0 Å². The minimum absolute atomic E-state index is 0.314. The third-order valence-electron chi connectivity index (χ3n) is 2.93. The van der Waals surface area contributed by atoms with Gasteiger partial charge < -0.3 is 0 Å². The van der Waals surface area contributed by atoms with E-state index in [1.54, 1.807) is 0 Å². The molecule has 0 saturated carbocycles. The largest absolute Gasteiger partial charge is 0.289 e. The molecule has 2 rings (SSSR count). The van der Waals surface area contributed by atoms with Gasteiger partial charge in [-0.1, -0.05) is 60.2 Å². The predicted octanol–water partition coefficient (Wildman–Crippen LogP) is 4.05. The van der Waals surface area contributed by atoms with Crippen molar-refractivity contribution in [3.8, 4) is 0 Å². The Morgan fingerprint density at radius 2 is 1.67 bits per heavy atom. The molecule has 0 aliphatic rings. The van der Waals surface area contributed by atoms with E-state index in [0.717, 1.165) is 6.42 Å². The lowest BCUT2D eigenvalue weighted by Crippen LogP contribution is -2.03. The minimum Gasteiger partial charge on any atom is -0.289 e. The molecule has 0 aromatic heterocycles. The van der Waals surface area contributed by atoms with E-state index in [1.165, 1.54) is 16.7 Å². The first kappa shape index (κ1) is 12.6. The van der Waals surface area contributed by atoms with Crippen LogP contribution in [0, 0.1) is 6.92 Å². The summed E-state index contributed by atoms with van der Waals surface area (Å²) >= 11 is 0. The molecule has 0 aliphatic heterocycles. The van der Waals surface area contributed by atoms with Gasteiger partial charge >= 0.3 is 0 Å². The molecule has 0 heterocycles. The summed E-state index contributed by atoms with van der Waals surface area (Å²) in [5.41, 5.74) is 3.79. The molecular formula is C17H19N. The normalized spacial score (nSPS) is 12.8. The zero-order valence-corrected chi connectivity index (χ0v) is 11.0. The minimum atomic E-state index is 0.314. The van der Waals surface area contributed by atoms with Gasteiger partial charge in [0.25, 0.3) is 0 Å². The molecule has 0 bridgehead atoms. The molecule has 0 radical (unpaired) electrons.